The van der Waals surface area contributed by atoms with Crippen molar-refractivity contribution in [1.29, 1.82) is 0 Å². The molecule has 1 atom stereocenters. The summed E-state index contributed by atoms with van der Waals surface area (Å²) in [4.78, 5) is 11.9. The molecule has 36 heavy (non-hydrogen) atoms. The SMILES string of the molecule is CCCCCCCCCCc1ccc(OCC2COCCCOCCCOCCCO2)c(C(=O)O)c1. The summed E-state index contributed by atoms with van der Waals surface area (Å²) in [6, 6.07) is 5.51. The number of carboxylic acid groups (broad SMARTS) is 1. The number of benzene rings is 1. The molecule has 1 heterocycles. The van der Waals surface area contributed by atoms with Crippen molar-refractivity contribution >= 4 is 5.97 Å². The third-order valence-electron chi connectivity index (χ3n) is 6.26. The van der Waals surface area contributed by atoms with Crippen LogP contribution in [0.25, 0.3) is 0 Å². The Morgan fingerprint density at radius 1 is 0.861 bits per heavy atom. The molecule has 2 rings (SSSR count). The van der Waals surface area contributed by atoms with Crippen molar-refractivity contribution in [3.8, 4) is 5.75 Å². The Labute approximate surface area is 217 Å². The van der Waals surface area contributed by atoms with Gasteiger partial charge in [0.15, 0.2) is 0 Å². The molecule has 1 aliphatic rings. The smallest absolute Gasteiger partial charge is 0.339 e. The van der Waals surface area contributed by atoms with Gasteiger partial charge in [0.2, 0.25) is 0 Å². The molecule has 1 aromatic carbocycles. The van der Waals surface area contributed by atoms with Crippen LogP contribution in [0.1, 0.15) is 93.5 Å². The van der Waals surface area contributed by atoms with Crippen molar-refractivity contribution in [3.05, 3.63) is 29.3 Å². The van der Waals surface area contributed by atoms with Gasteiger partial charge in [0, 0.05) is 39.6 Å². The summed E-state index contributed by atoms with van der Waals surface area (Å²) in [5.41, 5.74) is 1.25. The number of aromatic carboxylic acids is 1. The van der Waals surface area contributed by atoms with Gasteiger partial charge in [-0.2, -0.15) is 0 Å². The average molecular weight is 509 g/mol. The Balaban J connectivity index is 1.81. The van der Waals surface area contributed by atoms with Crippen molar-refractivity contribution in [2.75, 3.05) is 52.9 Å². The van der Waals surface area contributed by atoms with Crippen molar-refractivity contribution in [1.82, 2.24) is 0 Å². The molecule has 0 amide bonds. The van der Waals surface area contributed by atoms with E-state index in [2.05, 4.69) is 6.92 Å². The molecular formula is C29H48O7. The van der Waals surface area contributed by atoms with Crippen LogP contribution in [0.15, 0.2) is 18.2 Å². The van der Waals surface area contributed by atoms with Crippen LogP contribution in [0.2, 0.25) is 0 Å². The van der Waals surface area contributed by atoms with Gasteiger partial charge in [0.25, 0.3) is 0 Å². The minimum absolute atomic E-state index is 0.204. The molecule has 7 nitrogen and oxygen atoms in total. The zero-order valence-electron chi connectivity index (χ0n) is 22.3. The molecule has 0 spiro atoms. The molecule has 0 aromatic heterocycles. The second-order valence-corrected chi connectivity index (χ2v) is 9.52. The Hall–Kier alpha value is -1.67. The predicted octanol–water partition coefficient (Wildman–Crippen LogP) is 6.07. The lowest BCUT2D eigenvalue weighted by Crippen LogP contribution is -2.28. The molecule has 1 aliphatic heterocycles. The lowest BCUT2D eigenvalue weighted by atomic mass is 10.0. The molecule has 0 bridgehead atoms. The highest BCUT2D eigenvalue weighted by Gasteiger charge is 2.16. The first-order chi connectivity index (χ1) is 17.7. The summed E-state index contributed by atoms with van der Waals surface area (Å²) in [6.07, 6.45) is 13.2. The second-order valence-electron chi connectivity index (χ2n) is 9.52. The van der Waals surface area contributed by atoms with Crippen molar-refractivity contribution in [3.63, 3.8) is 0 Å². The molecule has 0 aliphatic carbocycles. The summed E-state index contributed by atoms with van der Waals surface area (Å²) >= 11 is 0. The third-order valence-corrected chi connectivity index (χ3v) is 6.26. The van der Waals surface area contributed by atoms with E-state index in [0.717, 1.165) is 37.7 Å². The fourth-order valence-corrected chi connectivity index (χ4v) is 4.17. The molecule has 1 saturated heterocycles. The first-order valence-corrected chi connectivity index (χ1v) is 14.0. The molecular weight excluding hydrogens is 460 g/mol. The van der Waals surface area contributed by atoms with Gasteiger partial charge in [-0.05, 0) is 49.8 Å². The predicted molar refractivity (Wildman–Crippen MR) is 141 cm³/mol. The van der Waals surface area contributed by atoms with E-state index in [1.165, 1.54) is 44.9 Å². The Morgan fingerprint density at radius 3 is 2.14 bits per heavy atom. The van der Waals surface area contributed by atoms with E-state index in [9.17, 15) is 9.90 Å². The quantitative estimate of drug-likeness (QED) is 0.324. The second kappa shape index (κ2) is 20.4. The molecule has 0 saturated carbocycles. The molecule has 7 heteroatoms. The number of hydrogen-bond donors (Lipinski definition) is 1. The van der Waals surface area contributed by atoms with Gasteiger partial charge < -0.3 is 28.8 Å². The van der Waals surface area contributed by atoms with Crippen LogP contribution in [0.4, 0.5) is 0 Å². The highest BCUT2D eigenvalue weighted by atomic mass is 16.6. The maximum Gasteiger partial charge on any atom is 0.339 e. The van der Waals surface area contributed by atoms with Gasteiger partial charge in [-0.15, -0.1) is 0 Å². The van der Waals surface area contributed by atoms with Crippen molar-refractivity contribution < 1.29 is 33.6 Å². The summed E-state index contributed by atoms with van der Waals surface area (Å²) in [6.45, 7) is 6.68. The van der Waals surface area contributed by atoms with Crippen LogP contribution in [0.3, 0.4) is 0 Å². The fraction of sp³-hybridized carbons (Fsp3) is 0.759. The third kappa shape index (κ3) is 14.2. The highest BCUT2D eigenvalue weighted by Crippen LogP contribution is 2.22. The van der Waals surface area contributed by atoms with E-state index < -0.39 is 5.97 Å². The van der Waals surface area contributed by atoms with E-state index in [1.54, 1.807) is 12.1 Å². The first kappa shape index (κ1) is 30.6. The largest absolute Gasteiger partial charge is 0.490 e. The van der Waals surface area contributed by atoms with E-state index in [1.807, 2.05) is 6.07 Å². The number of rotatable bonds is 13. The monoisotopic (exact) mass is 508 g/mol. The minimum Gasteiger partial charge on any atom is -0.490 e. The number of carbonyl (C=O) groups is 1. The van der Waals surface area contributed by atoms with Gasteiger partial charge in [-0.1, -0.05) is 57.9 Å². The molecule has 0 radical (unpaired) electrons. The molecule has 206 valence electrons. The zero-order chi connectivity index (χ0) is 25.7. The molecule has 1 unspecified atom stereocenters. The lowest BCUT2D eigenvalue weighted by Gasteiger charge is -2.20. The number of carboxylic acids is 1. The number of ether oxygens (including phenoxy) is 5. The van der Waals surface area contributed by atoms with E-state index in [0.29, 0.717) is 52.0 Å². The number of aryl methyl sites for hydroxylation is 1. The van der Waals surface area contributed by atoms with Gasteiger partial charge in [-0.3, -0.25) is 0 Å². The van der Waals surface area contributed by atoms with Crippen LogP contribution in [-0.2, 0) is 25.4 Å². The maximum atomic E-state index is 11.9. The van der Waals surface area contributed by atoms with Crippen LogP contribution >= 0.6 is 0 Å². The first-order valence-electron chi connectivity index (χ1n) is 14.0. The standard InChI is InChI=1S/C29H48O7/c1-2-3-4-5-6-7-8-9-13-25-14-15-28(27(22-25)29(30)31)36-24-26-23-34-20-11-18-32-16-10-17-33-19-12-21-35-26/h14-15,22,26H,2-13,16-21,23-24H2,1H3,(H,30,31). The van der Waals surface area contributed by atoms with Gasteiger partial charge in [0.05, 0.1) is 6.61 Å². The summed E-state index contributed by atoms with van der Waals surface area (Å²) in [5, 5.41) is 9.76. The summed E-state index contributed by atoms with van der Waals surface area (Å²) in [7, 11) is 0. The topological polar surface area (TPSA) is 83.5 Å². The van der Waals surface area contributed by atoms with E-state index >= 15 is 0 Å². The summed E-state index contributed by atoms with van der Waals surface area (Å²) in [5.74, 6) is -0.599. The van der Waals surface area contributed by atoms with Crippen LogP contribution in [0.5, 0.6) is 5.75 Å². The van der Waals surface area contributed by atoms with Crippen LogP contribution in [0, 0.1) is 0 Å². The fourth-order valence-electron chi connectivity index (χ4n) is 4.17. The molecule has 1 fully saturated rings. The van der Waals surface area contributed by atoms with Crippen molar-refractivity contribution in [2.45, 2.75) is 90.1 Å². The summed E-state index contributed by atoms with van der Waals surface area (Å²) < 4.78 is 28.8. The highest BCUT2D eigenvalue weighted by molar-refractivity contribution is 5.91. The van der Waals surface area contributed by atoms with Gasteiger partial charge >= 0.3 is 5.97 Å². The van der Waals surface area contributed by atoms with Crippen LogP contribution in [-0.4, -0.2) is 70.0 Å². The van der Waals surface area contributed by atoms with Gasteiger partial charge in [-0.25, -0.2) is 4.79 Å². The molecule has 1 N–H and O–H groups in total. The number of hydrogen-bond acceptors (Lipinski definition) is 6. The Morgan fingerprint density at radius 2 is 1.47 bits per heavy atom. The van der Waals surface area contributed by atoms with Crippen molar-refractivity contribution in [2.24, 2.45) is 0 Å². The maximum absolute atomic E-state index is 11.9. The van der Waals surface area contributed by atoms with Crippen LogP contribution < -0.4 is 4.74 Å². The normalized spacial score (nSPS) is 18.8. The Kier molecular flexibility index (Phi) is 17.3. The number of unbranched alkanes of at least 4 members (excludes halogenated alkanes) is 7. The Bertz CT molecular complexity index is 678. The molecule has 1 aromatic rings. The minimum atomic E-state index is -0.973. The average Bonchev–Trinajstić information content (AvgIpc) is 2.89. The van der Waals surface area contributed by atoms with E-state index in [-0.39, 0.29) is 18.3 Å². The zero-order valence-corrected chi connectivity index (χ0v) is 22.3. The van der Waals surface area contributed by atoms with Gasteiger partial charge in [0.1, 0.15) is 24.0 Å². The lowest BCUT2D eigenvalue weighted by molar-refractivity contribution is -0.0437. The van der Waals surface area contributed by atoms with E-state index in [4.69, 9.17) is 23.7 Å².